The van der Waals surface area contributed by atoms with Crippen LogP contribution in [-0.2, 0) is 65.4 Å². The smallest absolute Gasteiger partial charge is 0.462 e. The van der Waals surface area contributed by atoms with Gasteiger partial charge in [-0.2, -0.15) is 0 Å². The molecule has 0 bridgehead atoms. The fourth-order valence-corrected chi connectivity index (χ4v) is 12.0. The van der Waals surface area contributed by atoms with Gasteiger partial charge in [0.05, 0.1) is 32.8 Å². The van der Waals surface area contributed by atoms with Gasteiger partial charge in [-0.25, -0.2) is 9.13 Å². The number of allylic oxidation sites excluding steroid dienone is 19. The second kappa shape index (κ2) is 74.7. The third-order valence-corrected chi connectivity index (χ3v) is 18.3. The molecule has 0 aromatic carbocycles. The molecule has 0 spiro atoms. The number of aliphatic hydroxyl groups is 1. The van der Waals surface area contributed by atoms with Crippen LogP contribution in [0.15, 0.2) is 122 Å². The molecule has 0 heterocycles. The van der Waals surface area contributed by atoms with E-state index < -0.39 is 97.5 Å². The average molecular weight is 1470 g/mol. The van der Waals surface area contributed by atoms with Crippen molar-refractivity contribution in [3.8, 4) is 0 Å². The number of esters is 4. The van der Waals surface area contributed by atoms with Gasteiger partial charge < -0.3 is 33.8 Å². The second-order valence-electron chi connectivity index (χ2n) is 26.3. The molecule has 3 N–H and O–H groups in total. The number of carbonyl (C=O) groups excluding carboxylic acids is 4. The van der Waals surface area contributed by atoms with E-state index in [1.54, 1.807) is 6.08 Å². The predicted molar refractivity (Wildman–Crippen MR) is 418 cm³/mol. The fourth-order valence-electron chi connectivity index (χ4n) is 10.4. The van der Waals surface area contributed by atoms with E-state index in [2.05, 4.69) is 125 Å². The van der Waals surface area contributed by atoms with Gasteiger partial charge in [0.25, 0.3) is 0 Å². The van der Waals surface area contributed by atoms with E-state index in [0.29, 0.717) is 25.7 Å². The molecule has 0 radical (unpaired) electrons. The average Bonchev–Trinajstić information content (AvgIpc) is 0.909. The zero-order valence-electron chi connectivity index (χ0n) is 64.0. The van der Waals surface area contributed by atoms with E-state index in [4.69, 9.17) is 37.0 Å². The molecule has 0 rings (SSSR count). The zero-order valence-corrected chi connectivity index (χ0v) is 65.8. The summed E-state index contributed by atoms with van der Waals surface area (Å²) in [6.45, 7) is 4.55. The zero-order chi connectivity index (χ0) is 74.6. The van der Waals surface area contributed by atoms with Gasteiger partial charge in [0.15, 0.2) is 12.2 Å². The molecule has 102 heavy (non-hydrogen) atoms. The maximum absolute atomic E-state index is 13.1. The number of rotatable bonds is 74. The summed E-state index contributed by atoms with van der Waals surface area (Å²) >= 11 is 0. The highest BCUT2D eigenvalue weighted by Crippen LogP contribution is 2.45. The number of ether oxygens (including phenoxy) is 4. The first-order chi connectivity index (χ1) is 49.7. The summed E-state index contributed by atoms with van der Waals surface area (Å²) in [7, 11) is -9.99. The van der Waals surface area contributed by atoms with Crippen LogP contribution in [0.1, 0.15) is 323 Å². The Morgan fingerprint density at radius 2 is 0.569 bits per heavy atom. The minimum atomic E-state index is -5.00. The lowest BCUT2D eigenvalue weighted by molar-refractivity contribution is -0.161. The molecule has 19 heteroatoms. The maximum atomic E-state index is 13.1. The molecule has 0 saturated carbocycles. The highest BCUT2D eigenvalue weighted by molar-refractivity contribution is 7.47. The van der Waals surface area contributed by atoms with Crippen LogP contribution in [0.25, 0.3) is 0 Å². The summed E-state index contributed by atoms with van der Waals surface area (Å²) < 4.78 is 68.4. The summed E-state index contributed by atoms with van der Waals surface area (Å²) in [5.41, 5.74) is 0. The monoisotopic (exact) mass is 1470 g/mol. The van der Waals surface area contributed by atoms with E-state index in [1.807, 2.05) is 18.2 Å². The van der Waals surface area contributed by atoms with Crippen molar-refractivity contribution in [2.45, 2.75) is 341 Å². The largest absolute Gasteiger partial charge is 0.472 e. The Bertz CT molecular complexity index is 2410. The Hall–Kier alpha value is -4.54. The topological polar surface area (TPSA) is 237 Å². The van der Waals surface area contributed by atoms with Gasteiger partial charge in [-0.05, 0) is 116 Å². The van der Waals surface area contributed by atoms with Gasteiger partial charge in [0.2, 0.25) is 0 Å². The van der Waals surface area contributed by atoms with Crippen molar-refractivity contribution in [2.75, 3.05) is 39.6 Å². The van der Waals surface area contributed by atoms with E-state index in [-0.39, 0.29) is 25.7 Å². The minimum absolute atomic E-state index is 0.0574. The minimum Gasteiger partial charge on any atom is -0.462 e. The van der Waals surface area contributed by atoms with Crippen molar-refractivity contribution in [3.63, 3.8) is 0 Å². The highest BCUT2D eigenvalue weighted by Gasteiger charge is 2.30. The van der Waals surface area contributed by atoms with Crippen molar-refractivity contribution in [1.82, 2.24) is 0 Å². The van der Waals surface area contributed by atoms with Crippen molar-refractivity contribution >= 4 is 39.5 Å². The standard InChI is InChI=1S/C83H142O17P2/c1-5-9-13-17-21-25-29-33-36-37-38-39-42-45-48-52-56-60-64-68-81(86)94-74-79(100-83(88)70-66-62-58-54-50-46-41-35-31-27-23-19-15-11-7-3)76-98-102(91,92)96-72-77(84)71-95-101(89,90)97-75-78(99-82(87)69-65-61-57-53-49-43-32-28-24-20-16-12-8-4)73-93-80(85)67-63-59-55-51-47-44-40-34-30-26-22-18-14-10-6-2/h10,14,16,20-22,25-26,28,32-34,36,38-40,47,51,59,63,77-79,84H,5-9,11-13,15,17-19,23-24,27,29-31,35,37,41-46,48-50,52-58,60-62,64-76H2,1-4H3,(H,89,90)(H,91,92)/b14-10-,20-16-,25-21-,26-22-,32-28-,36-33-,39-38-,40-34-,51-47-,63-59-. The number of carbonyl (C=O) groups is 4. The van der Waals surface area contributed by atoms with Crippen LogP contribution >= 0.6 is 15.6 Å². The van der Waals surface area contributed by atoms with E-state index in [0.717, 1.165) is 161 Å². The molecule has 0 aromatic rings. The van der Waals surface area contributed by atoms with Crippen LogP contribution in [-0.4, -0.2) is 96.7 Å². The normalized spacial score (nSPS) is 14.5. The van der Waals surface area contributed by atoms with Crippen LogP contribution in [0, 0.1) is 0 Å². The molecular formula is C83H142O17P2. The van der Waals surface area contributed by atoms with Gasteiger partial charge in [-0.3, -0.25) is 37.3 Å². The van der Waals surface area contributed by atoms with Crippen LogP contribution in [0.2, 0.25) is 0 Å². The van der Waals surface area contributed by atoms with Gasteiger partial charge >= 0.3 is 39.5 Å². The first kappa shape index (κ1) is 97.5. The summed E-state index contributed by atoms with van der Waals surface area (Å²) in [6, 6.07) is 0. The number of phosphoric acid groups is 2. The van der Waals surface area contributed by atoms with Crippen LogP contribution in [0.5, 0.6) is 0 Å². The van der Waals surface area contributed by atoms with Gasteiger partial charge in [0, 0.05) is 19.3 Å². The first-order valence-electron chi connectivity index (χ1n) is 39.8. The molecule has 0 aromatic heterocycles. The summed E-state index contributed by atoms with van der Waals surface area (Å²) in [6.07, 6.45) is 82.1. The lowest BCUT2D eigenvalue weighted by Crippen LogP contribution is -2.30. The quantitative estimate of drug-likeness (QED) is 0.0169. The van der Waals surface area contributed by atoms with Crippen LogP contribution in [0.4, 0.5) is 0 Å². The number of aliphatic hydroxyl groups excluding tert-OH is 1. The van der Waals surface area contributed by atoms with E-state index in [1.165, 1.54) is 83.5 Å². The highest BCUT2D eigenvalue weighted by atomic mass is 31.2. The third kappa shape index (κ3) is 73.8. The molecule has 17 nitrogen and oxygen atoms in total. The molecule has 0 amide bonds. The van der Waals surface area contributed by atoms with Gasteiger partial charge in [-0.1, -0.05) is 303 Å². The Morgan fingerprint density at radius 1 is 0.294 bits per heavy atom. The number of phosphoric ester groups is 2. The van der Waals surface area contributed by atoms with E-state index in [9.17, 15) is 43.2 Å². The summed E-state index contributed by atoms with van der Waals surface area (Å²) in [5, 5.41) is 10.6. The molecule has 5 unspecified atom stereocenters. The molecule has 5 atom stereocenters. The van der Waals surface area contributed by atoms with Crippen molar-refractivity contribution in [1.29, 1.82) is 0 Å². The second-order valence-corrected chi connectivity index (χ2v) is 29.2. The van der Waals surface area contributed by atoms with Crippen molar-refractivity contribution in [3.05, 3.63) is 122 Å². The Kier molecular flexibility index (Phi) is 71.4. The lowest BCUT2D eigenvalue weighted by Gasteiger charge is -2.21. The van der Waals surface area contributed by atoms with Crippen LogP contribution < -0.4 is 0 Å². The van der Waals surface area contributed by atoms with Gasteiger partial charge in [-0.15, -0.1) is 0 Å². The molecular weight excluding hydrogens is 1330 g/mol. The number of hydrogen-bond donors (Lipinski definition) is 3. The fraction of sp³-hybridized carbons (Fsp3) is 0.711. The molecule has 0 aliphatic heterocycles. The van der Waals surface area contributed by atoms with E-state index >= 15 is 0 Å². The SMILES string of the molecule is CC/C=C\C/C=C\C/C=C\C/C=C\C/C=C\CC(=O)OCC(COP(=O)(O)OCC(O)COP(=O)(O)OCC(COC(=O)CCCCCCCC/C=C\C/C=C\C/C=C\CCCCC)OC(=O)CCCCCCCCCCCCCCCCC)OC(=O)CCCCCCC/C=C\C/C=C\CCC. The molecule has 586 valence electrons. The molecule has 0 aliphatic carbocycles. The van der Waals surface area contributed by atoms with Crippen molar-refractivity contribution in [2.24, 2.45) is 0 Å². The Labute approximate surface area is 619 Å². The predicted octanol–water partition coefficient (Wildman–Crippen LogP) is 23.1. The Balaban J connectivity index is 5.41. The maximum Gasteiger partial charge on any atom is 0.472 e. The van der Waals surface area contributed by atoms with Crippen LogP contribution in [0.3, 0.4) is 0 Å². The summed E-state index contributed by atoms with van der Waals surface area (Å²) in [4.78, 5) is 72.9. The molecule has 0 saturated heterocycles. The first-order valence-corrected chi connectivity index (χ1v) is 42.8. The molecule has 0 fully saturated rings. The number of hydrogen-bond acceptors (Lipinski definition) is 15. The van der Waals surface area contributed by atoms with Gasteiger partial charge in [0.1, 0.15) is 19.3 Å². The summed E-state index contributed by atoms with van der Waals surface area (Å²) in [5.74, 6) is -2.34. The van der Waals surface area contributed by atoms with Crippen molar-refractivity contribution < 1.29 is 80.2 Å². The molecule has 0 aliphatic rings. The third-order valence-electron chi connectivity index (χ3n) is 16.4. The lowest BCUT2D eigenvalue weighted by atomic mass is 10.0. The Morgan fingerprint density at radius 3 is 0.931 bits per heavy atom. The number of unbranched alkanes of at least 4 members (excludes halogenated alkanes) is 29.